The number of hydrogen-bond donors (Lipinski definition) is 1. The molecule has 0 radical (unpaired) electrons. The number of nitrogens with two attached hydrogens (primary N) is 1. The summed E-state index contributed by atoms with van der Waals surface area (Å²) in [5, 5.41) is 0. The van der Waals surface area contributed by atoms with Crippen LogP contribution in [0, 0.1) is 5.41 Å². The van der Waals surface area contributed by atoms with Crippen molar-refractivity contribution in [1.82, 2.24) is 0 Å². The molecule has 3 heteroatoms. The number of carbonyl (C=O) groups excluding carboxylic acids is 1. The standard InChI is InChI=1S/C12H23NO2/c1-6-12(7-2,8-9-13)10(14)15-11(3,4)5/h6H,1,7-9,13H2,2-5H3. The van der Waals surface area contributed by atoms with E-state index in [0.717, 1.165) is 0 Å². The van der Waals surface area contributed by atoms with Crippen molar-refractivity contribution in [2.24, 2.45) is 11.1 Å². The number of carbonyl (C=O) groups is 1. The van der Waals surface area contributed by atoms with Crippen molar-refractivity contribution < 1.29 is 9.53 Å². The first kappa shape index (κ1) is 14.2. The molecule has 0 aromatic carbocycles. The summed E-state index contributed by atoms with van der Waals surface area (Å²) in [6.07, 6.45) is 2.92. The second kappa shape index (κ2) is 5.31. The smallest absolute Gasteiger partial charge is 0.316 e. The molecule has 0 rings (SSSR count). The van der Waals surface area contributed by atoms with Crippen LogP contribution in [0.5, 0.6) is 0 Å². The van der Waals surface area contributed by atoms with Gasteiger partial charge in [-0.15, -0.1) is 6.58 Å². The summed E-state index contributed by atoms with van der Waals surface area (Å²) in [7, 11) is 0. The lowest BCUT2D eigenvalue weighted by molar-refractivity contribution is -0.165. The van der Waals surface area contributed by atoms with Gasteiger partial charge in [0.1, 0.15) is 5.60 Å². The maximum Gasteiger partial charge on any atom is 0.316 e. The van der Waals surface area contributed by atoms with Gasteiger partial charge in [-0.3, -0.25) is 4.79 Å². The van der Waals surface area contributed by atoms with E-state index in [0.29, 0.717) is 19.4 Å². The summed E-state index contributed by atoms with van der Waals surface area (Å²) in [4.78, 5) is 12.0. The highest BCUT2D eigenvalue weighted by Crippen LogP contribution is 2.30. The molecule has 88 valence electrons. The van der Waals surface area contributed by atoms with Crippen molar-refractivity contribution in [1.29, 1.82) is 0 Å². The lowest BCUT2D eigenvalue weighted by atomic mass is 9.82. The van der Waals surface area contributed by atoms with Gasteiger partial charge in [0.05, 0.1) is 5.41 Å². The monoisotopic (exact) mass is 213 g/mol. The van der Waals surface area contributed by atoms with Crippen LogP contribution in [0.25, 0.3) is 0 Å². The van der Waals surface area contributed by atoms with Gasteiger partial charge < -0.3 is 10.5 Å². The second-order valence-corrected chi connectivity index (χ2v) is 4.75. The van der Waals surface area contributed by atoms with E-state index in [4.69, 9.17) is 10.5 Å². The van der Waals surface area contributed by atoms with E-state index < -0.39 is 11.0 Å². The Balaban J connectivity index is 4.77. The summed E-state index contributed by atoms with van der Waals surface area (Å²) in [6.45, 7) is 11.7. The van der Waals surface area contributed by atoms with Crippen LogP contribution in [0.3, 0.4) is 0 Å². The molecule has 0 aliphatic heterocycles. The minimum atomic E-state index is -0.623. The predicted molar refractivity (Wildman–Crippen MR) is 62.4 cm³/mol. The van der Waals surface area contributed by atoms with Crippen molar-refractivity contribution in [2.45, 2.75) is 46.1 Å². The van der Waals surface area contributed by atoms with Gasteiger partial charge in [-0.1, -0.05) is 13.0 Å². The minimum Gasteiger partial charge on any atom is -0.459 e. The van der Waals surface area contributed by atoms with Crippen LogP contribution < -0.4 is 5.73 Å². The van der Waals surface area contributed by atoms with Crippen LogP contribution in [-0.4, -0.2) is 18.1 Å². The first-order valence-electron chi connectivity index (χ1n) is 5.38. The van der Waals surface area contributed by atoms with Crippen LogP contribution in [0.4, 0.5) is 0 Å². The lowest BCUT2D eigenvalue weighted by Crippen LogP contribution is -2.37. The van der Waals surface area contributed by atoms with E-state index >= 15 is 0 Å². The van der Waals surface area contributed by atoms with E-state index in [-0.39, 0.29) is 5.97 Å². The maximum atomic E-state index is 12.0. The molecule has 1 unspecified atom stereocenters. The third kappa shape index (κ3) is 4.04. The Morgan fingerprint density at radius 1 is 1.47 bits per heavy atom. The van der Waals surface area contributed by atoms with Crippen molar-refractivity contribution in [3.63, 3.8) is 0 Å². The molecule has 0 amide bonds. The minimum absolute atomic E-state index is 0.224. The largest absolute Gasteiger partial charge is 0.459 e. The Morgan fingerprint density at radius 2 is 2.00 bits per heavy atom. The van der Waals surface area contributed by atoms with Crippen LogP contribution in [0.1, 0.15) is 40.5 Å². The summed E-state index contributed by atoms with van der Waals surface area (Å²) >= 11 is 0. The van der Waals surface area contributed by atoms with Crippen LogP contribution in [0.2, 0.25) is 0 Å². The van der Waals surface area contributed by atoms with Gasteiger partial charge in [0.25, 0.3) is 0 Å². The zero-order valence-electron chi connectivity index (χ0n) is 10.3. The zero-order chi connectivity index (χ0) is 12.1. The molecule has 0 bridgehead atoms. The number of hydrogen-bond acceptors (Lipinski definition) is 3. The van der Waals surface area contributed by atoms with Crippen molar-refractivity contribution in [2.75, 3.05) is 6.54 Å². The van der Waals surface area contributed by atoms with Gasteiger partial charge in [-0.2, -0.15) is 0 Å². The van der Waals surface area contributed by atoms with Crippen LogP contribution in [0.15, 0.2) is 12.7 Å². The SMILES string of the molecule is C=CC(CC)(CCN)C(=O)OC(C)(C)C. The van der Waals surface area contributed by atoms with Crippen LogP contribution in [-0.2, 0) is 9.53 Å². The second-order valence-electron chi connectivity index (χ2n) is 4.75. The molecule has 3 nitrogen and oxygen atoms in total. The number of esters is 1. The molecule has 0 aromatic rings. The molecule has 2 N–H and O–H groups in total. The lowest BCUT2D eigenvalue weighted by Gasteiger charge is -2.30. The van der Waals surface area contributed by atoms with Crippen LogP contribution >= 0.6 is 0 Å². The molecule has 0 saturated heterocycles. The Kier molecular flexibility index (Phi) is 5.01. The van der Waals surface area contributed by atoms with E-state index in [1.165, 1.54) is 0 Å². The fraction of sp³-hybridized carbons (Fsp3) is 0.750. The molecule has 15 heavy (non-hydrogen) atoms. The Morgan fingerprint density at radius 3 is 2.27 bits per heavy atom. The molecule has 0 aromatic heterocycles. The van der Waals surface area contributed by atoms with Gasteiger partial charge in [0.15, 0.2) is 0 Å². The molecular formula is C12H23NO2. The fourth-order valence-corrected chi connectivity index (χ4v) is 1.39. The first-order valence-corrected chi connectivity index (χ1v) is 5.38. The highest BCUT2D eigenvalue weighted by molar-refractivity contribution is 5.79. The van der Waals surface area contributed by atoms with E-state index in [1.54, 1.807) is 6.08 Å². The first-order chi connectivity index (χ1) is 6.81. The molecule has 0 aliphatic rings. The van der Waals surface area contributed by atoms with E-state index in [1.807, 2.05) is 27.7 Å². The normalized spacial score (nSPS) is 15.5. The Hall–Kier alpha value is -0.830. The molecular weight excluding hydrogens is 190 g/mol. The van der Waals surface area contributed by atoms with Gasteiger partial charge in [0, 0.05) is 0 Å². The summed E-state index contributed by atoms with van der Waals surface area (Å²) in [5.74, 6) is -0.224. The number of ether oxygens (including phenoxy) is 1. The molecule has 0 aliphatic carbocycles. The van der Waals surface area contributed by atoms with Gasteiger partial charge in [-0.05, 0) is 40.2 Å². The molecule has 1 atom stereocenters. The number of rotatable bonds is 5. The average molecular weight is 213 g/mol. The van der Waals surface area contributed by atoms with E-state index in [9.17, 15) is 4.79 Å². The predicted octanol–water partition coefficient (Wildman–Crippen LogP) is 2.26. The Labute approximate surface area is 92.7 Å². The summed E-state index contributed by atoms with van der Waals surface area (Å²) in [5.41, 5.74) is 4.43. The third-order valence-corrected chi connectivity index (χ3v) is 2.42. The van der Waals surface area contributed by atoms with Crippen molar-refractivity contribution >= 4 is 5.97 Å². The molecule has 0 saturated carbocycles. The van der Waals surface area contributed by atoms with Gasteiger partial charge >= 0.3 is 5.97 Å². The molecule has 0 spiro atoms. The summed E-state index contributed by atoms with van der Waals surface area (Å²) in [6, 6.07) is 0. The highest BCUT2D eigenvalue weighted by Gasteiger charge is 2.36. The van der Waals surface area contributed by atoms with E-state index in [2.05, 4.69) is 6.58 Å². The highest BCUT2D eigenvalue weighted by atomic mass is 16.6. The fourth-order valence-electron chi connectivity index (χ4n) is 1.39. The third-order valence-electron chi connectivity index (χ3n) is 2.42. The molecule has 0 heterocycles. The quantitative estimate of drug-likeness (QED) is 0.563. The summed E-state index contributed by atoms with van der Waals surface area (Å²) < 4.78 is 5.37. The van der Waals surface area contributed by atoms with Crippen molar-refractivity contribution in [3.05, 3.63) is 12.7 Å². The zero-order valence-corrected chi connectivity index (χ0v) is 10.3. The van der Waals surface area contributed by atoms with Gasteiger partial charge in [-0.25, -0.2) is 0 Å². The maximum absolute atomic E-state index is 12.0. The Bertz CT molecular complexity index is 230. The molecule has 0 fully saturated rings. The average Bonchev–Trinajstić information content (AvgIpc) is 2.11. The van der Waals surface area contributed by atoms with Crippen molar-refractivity contribution in [3.8, 4) is 0 Å². The van der Waals surface area contributed by atoms with Gasteiger partial charge in [0.2, 0.25) is 0 Å². The topological polar surface area (TPSA) is 52.3 Å².